The quantitative estimate of drug-likeness (QED) is 0.856. The van der Waals surface area contributed by atoms with Gasteiger partial charge in [-0.15, -0.1) is 0 Å². The maximum Gasteiger partial charge on any atom is 0.119 e. The van der Waals surface area contributed by atoms with Crippen molar-refractivity contribution >= 4 is 0 Å². The van der Waals surface area contributed by atoms with Gasteiger partial charge in [-0.3, -0.25) is 0 Å². The Kier molecular flexibility index (Phi) is 3.77. The largest absolute Gasteiger partial charge is 0.492 e. The number of hydrogen-bond acceptors (Lipinski definition) is 3. The number of nitrogens with two attached hydrogens (primary N) is 1. The molecular formula is C13H17N3O. The normalized spacial score (nSPS) is 12.4. The summed E-state index contributed by atoms with van der Waals surface area (Å²) in [6.07, 6.45) is 3.58. The van der Waals surface area contributed by atoms with Crippen molar-refractivity contribution in [3.8, 4) is 5.75 Å². The van der Waals surface area contributed by atoms with E-state index in [1.165, 1.54) is 0 Å². The average Bonchev–Trinajstić information content (AvgIpc) is 2.79. The van der Waals surface area contributed by atoms with Gasteiger partial charge in [-0.1, -0.05) is 18.2 Å². The summed E-state index contributed by atoms with van der Waals surface area (Å²) in [7, 11) is 0. The average molecular weight is 231 g/mol. The molecule has 17 heavy (non-hydrogen) atoms. The van der Waals surface area contributed by atoms with E-state index < -0.39 is 0 Å². The van der Waals surface area contributed by atoms with E-state index in [1.54, 1.807) is 12.5 Å². The topological polar surface area (TPSA) is 53.1 Å². The number of rotatable bonds is 5. The van der Waals surface area contributed by atoms with Crippen LogP contribution in [0.2, 0.25) is 0 Å². The van der Waals surface area contributed by atoms with Crippen LogP contribution in [0.5, 0.6) is 5.75 Å². The molecule has 0 amide bonds. The van der Waals surface area contributed by atoms with Crippen LogP contribution in [0.3, 0.4) is 0 Å². The third kappa shape index (κ3) is 3.07. The number of nitrogens with zero attached hydrogens (tertiary/aromatic N) is 2. The molecule has 0 bridgehead atoms. The van der Waals surface area contributed by atoms with E-state index in [-0.39, 0.29) is 6.04 Å². The van der Waals surface area contributed by atoms with Crippen molar-refractivity contribution in [2.24, 2.45) is 5.73 Å². The molecule has 0 radical (unpaired) electrons. The summed E-state index contributed by atoms with van der Waals surface area (Å²) >= 11 is 0. The predicted octanol–water partition coefficient (Wildman–Crippen LogP) is 1.98. The van der Waals surface area contributed by atoms with Crippen LogP contribution in [0, 0.1) is 0 Å². The Bertz CT molecular complexity index is 451. The summed E-state index contributed by atoms with van der Waals surface area (Å²) in [6, 6.07) is 9.77. The summed E-state index contributed by atoms with van der Waals surface area (Å²) in [5.74, 6) is 0.884. The van der Waals surface area contributed by atoms with Crippen molar-refractivity contribution in [1.29, 1.82) is 0 Å². The molecule has 0 unspecified atom stereocenters. The molecule has 90 valence electrons. The molecule has 1 aromatic carbocycles. The van der Waals surface area contributed by atoms with Crippen LogP contribution < -0.4 is 10.5 Å². The van der Waals surface area contributed by atoms with Gasteiger partial charge in [-0.05, 0) is 19.1 Å². The number of hydrogen-bond donors (Lipinski definition) is 1. The fourth-order valence-electron chi connectivity index (χ4n) is 1.68. The van der Waals surface area contributed by atoms with Crippen LogP contribution >= 0.6 is 0 Å². The van der Waals surface area contributed by atoms with Gasteiger partial charge >= 0.3 is 0 Å². The lowest BCUT2D eigenvalue weighted by Gasteiger charge is -2.11. The van der Waals surface area contributed by atoms with Crippen LogP contribution in [0.4, 0.5) is 0 Å². The molecule has 1 heterocycles. The fourth-order valence-corrected chi connectivity index (χ4v) is 1.68. The molecule has 2 rings (SSSR count). The van der Waals surface area contributed by atoms with E-state index in [4.69, 9.17) is 10.5 Å². The van der Waals surface area contributed by atoms with E-state index >= 15 is 0 Å². The van der Waals surface area contributed by atoms with Crippen LogP contribution in [-0.2, 0) is 6.54 Å². The minimum Gasteiger partial charge on any atom is -0.492 e. The second kappa shape index (κ2) is 5.50. The Morgan fingerprint density at radius 1 is 1.35 bits per heavy atom. The Hall–Kier alpha value is -1.81. The van der Waals surface area contributed by atoms with E-state index in [1.807, 2.05) is 41.8 Å². The van der Waals surface area contributed by atoms with Crippen molar-refractivity contribution in [3.05, 3.63) is 48.5 Å². The van der Waals surface area contributed by atoms with Gasteiger partial charge in [0.05, 0.1) is 18.6 Å². The van der Waals surface area contributed by atoms with Gasteiger partial charge in [0, 0.05) is 12.2 Å². The molecule has 2 N–H and O–H groups in total. The van der Waals surface area contributed by atoms with Gasteiger partial charge in [-0.2, -0.15) is 0 Å². The first kappa shape index (κ1) is 11.7. The van der Waals surface area contributed by atoms with Crippen molar-refractivity contribution in [1.82, 2.24) is 9.55 Å². The zero-order valence-electron chi connectivity index (χ0n) is 9.91. The maximum atomic E-state index is 5.84. The van der Waals surface area contributed by atoms with E-state index in [2.05, 4.69) is 4.98 Å². The minimum atomic E-state index is -0.00535. The summed E-state index contributed by atoms with van der Waals surface area (Å²) in [5.41, 5.74) is 6.87. The Morgan fingerprint density at radius 2 is 2.12 bits per heavy atom. The van der Waals surface area contributed by atoms with Crippen LogP contribution in [0.25, 0.3) is 0 Å². The monoisotopic (exact) mass is 231 g/mol. The molecule has 4 nitrogen and oxygen atoms in total. The molecule has 0 saturated carbocycles. The molecule has 0 aliphatic heterocycles. The summed E-state index contributed by atoms with van der Waals surface area (Å²) in [5, 5.41) is 0. The number of benzene rings is 1. The first-order valence-electron chi connectivity index (χ1n) is 5.71. The first-order chi connectivity index (χ1) is 8.27. The number of para-hydroxylation sites is 1. The third-order valence-electron chi connectivity index (χ3n) is 2.56. The predicted molar refractivity (Wildman–Crippen MR) is 66.8 cm³/mol. The first-order valence-corrected chi connectivity index (χ1v) is 5.71. The fraction of sp³-hybridized carbons (Fsp3) is 0.308. The van der Waals surface area contributed by atoms with E-state index in [0.717, 1.165) is 18.0 Å². The van der Waals surface area contributed by atoms with Crippen molar-refractivity contribution in [2.75, 3.05) is 6.61 Å². The van der Waals surface area contributed by atoms with E-state index in [9.17, 15) is 0 Å². The number of ether oxygens (including phenoxy) is 1. The maximum absolute atomic E-state index is 5.84. The summed E-state index contributed by atoms with van der Waals surface area (Å²) < 4.78 is 7.65. The molecule has 1 aromatic heterocycles. The van der Waals surface area contributed by atoms with Gasteiger partial charge in [0.15, 0.2) is 0 Å². The molecule has 0 fully saturated rings. The molecule has 0 spiro atoms. The highest BCUT2D eigenvalue weighted by Gasteiger charge is 2.06. The molecule has 2 aromatic rings. The number of imidazole rings is 1. The third-order valence-corrected chi connectivity index (χ3v) is 2.56. The lowest BCUT2D eigenvalue weighted by molar-refractivity contribution is 0.296. The molecular weight excluding hydrogens is 214 g/mol. The lowest BCUT2D eigenvalue weighted by atomic mass is 10.3. The summed E-state index contributed by atoms with van der Waals surface area (Å²) in [4.78, 5) is 4.10. The van der Waals surface area contributed by atoms with Gasteiger partial charge in [-0.25, -0.2) is 4.98 Å². The highest BCUT2D eigenvalue weighted by Crippen LogP contribution is 2.10. The highest BCUT2D eigenvalue weighted by atomic mass is 16.5. The molecule has 1 atom stereocenters. The lowest BCUT2D eigenvalue weighted by Crippen LogP contribution is -2.15. The zero-order chi connectivity index (χ0) is 12.1. The van der Waals surface area contributed by atoms with Crippen LogP contribution in [0.1, 0.15) is 18.7 Å². The highest BCUT2D eigenvalue weighted by molar-refractivity contribution is 5.20. The van der Waals surface area contributed by atoms with Crippen LogP contribution in [-0.4, -0.2) is 16.2 Å². The Balaban J connectivity index is 1.88. The van der Waals surface area contributed by atoms with Gasteiger partial charge in [0.2, 0.25) is 0 Å². The molecule has 0 aliphatic carbocycles. The van der Waals surface area contributed by atoms with Gasteiger partial charge < -0.3 is 15.0 Å². The van der Waals surface area contributed by atoms with Gasteiger partial charge in [0.25, 0.3) is 0 Å². The van der Waals surface area contributed by atoms with Crippen molar-refractivity contribution in [3.63, 3.8) is 0 Å². The second-order valence-corrected chi connectivity index (χ2v) is 3.96. The standard InChI is InChI=1S/C13H17N3O/c1-11(14)13-9-15-10-16(13)7-8-17-12-5-3-2-4-6-12/h2-6,9-11H,7-8,14H2,1H3/t11-/m1/s1. The molecule has 4 heteroatoms. The Labute approximate surface area is 101 Å². The second-order valence-electron chi connectivity index (χ2n) is 3.96. The van der Waals surface area contributed by atoms with Crippen LogP contribution in [0.15, 0.2) is 42.9 Å². The molecule has 0 aliphatic rings. The Morgan fingerprint density at radius 3 is 2.82 bits per heavy atom. The minimum absolute atomic E-state index is 0.00535. The van der Waals surface area contributed by atoms with E-state index in [0.29, 0.717) is 6.61 Å². The van der Waals surface area contributed by atoms with Gasteiger partial charge in [0.1, 0.15) is 12.4 Å². The van der Waals surface area contributed by atoms with Crippen molar-refractivity contribution < 1.29 is 4.74 Å². The zero-order valence-corrected chi connectivity index (χ0v) is 9.91. The molecule has 0 saturated heterocycles. The summed E-state index contributed by atoms with van der Waals surface area (Å²) in [6.45, 7) is 3.32. The van der Waals surface area contributed by atoms with Crippen molar-refractivity contribution in [2.45, 2.75) is 19.5 Å². The smallest absolute Gasteiger partial charge is 0.119 e. The number of aromatic nitrogens is 2. The SMILES string of the molecule is C[C@@H](N)c1cncn1CCOc1ccccc1.